The molecule has 1 fully saturated rings. The van der Waals surface area contributed by atoms with Gasteiger partial charge in [-0.25, -0.2) is 0 Å². The van der Waals surface area contributed by atoms with Gasteiger partial charge in [0.15, 0.2) is 0 Å². The summed E-state index contributed by atoms with van der Waals surface area (Å²) in [4.78, 5) is 30.9. The van der Waals surface area contributed by atoms with Gasteiger partial charge in [0.2, 0.25) is 0 Å². The number of furan rings is 1. The van der Waals surface area contributed by atoms with Crippen LogP contribution in [0.1, 0.15) is 35.4 Å². The highest BCUT2D eigenvalue weighted by Gasteiger charge is 2.47. The number of fused-ring (bicyclic) bond motifs is 1. The number of hydrogen-bond donors (Lipinski definition) is 2. The molecule has 4 aromatic rings. The highest BCUT2D eigenvalue weighted by Crippen LogP contribution is 2.42. The molecule has 6 heteroatoms. The Kier molecular flexibility index (Phi) is 4.90. The van der Waals surface area contributed by atoms with E-state index in [1.54, 1.807) is 30.5 Å². The number of aryl methyl sites for hydroxylation is 1. The first-order chi connectivity index (χ1) is 15.6. The van der Waals surface area contributed by atoms with Crippen molar-refractivity contribution in [3.8, 4) is 0 Å². The van der Waals surface area contributed by atoms with E-state index < -0.39 is 17.7 Å². The van der Waals surface area contributed by atoms with Crippen molar-refractivity contribution in [2.45, 2.75) is 25.9 Å². The van der Waals surface area contributed by atoms with Gasteiger partial charge in [-0.1, -0.05) is 49.4 Å². The molecular weight excluding hydrogens is 404 g/mol. The van der Waals surface area contributed by atoms with Gasteiger partial charge in [-0.2, -0.15) is 0 Å². The molecule has 32 heavy (non-hydrogen) atoms. The highest BCUT2D eigenvalue weighted by molar-refractivity contribution is 6.46. The summed E-state index contributed by atoms with van der Waals surface area (Å²) in [6.45, 7) is 2.17. The van der Waals surface area contributed by atoms with Gasteiger partial charge in [-0.15, -0.1) is 0 Å². The van der Waals surface area contributed by atoms with Crippen molar-refractivity contribution in [3.05, 3.63) is 101 Å². The van der Waals surface area contributed by atoms with Crippen LogP contribution in [0.4, 0.5) is 0 Å². The third-order valence-electron chi connectivity index (χ3n) is 6.00. The molecule has 0 spiro atoms. The van der Waals surface area contributed by atoms with E-state index >= 15 is 0 Å². The Bertz CT molecular complexity index is 1330. The van der Waals surface area contributed by atoms with Crippen LogP contribution in [0, 0.1) is 0 Å². The van der Waals surface area contributed by atoms with E-state index in [4.69, 9.17) is 4.42 Å². The number of carbonyl (C=O) groups is 2. The fraction of sp³-hybridized carbons (Fsp3) is 0.154. The van der Waals surface area contributed by atoms with Crippen molar-refractivity contribution < 1.29 is 19.1 Å². The fourth-order valence-corrected chi connectivity index (χ4v) is 4.31. The zero-order valence-electron chi connectivity index (χ0n) is 17.5. The van der Waals surface area contributed by atoms with Gasteiger partial charge in [-0.05, 0) is 30.2 Å². The minimum atomic E-state index is -0.748. The standard InChI is InChI=1S/C26H22N2O4/c1-2-16-9-11-17(12-10-16)24(29)22-23(20-14-27-21-8-4-3-7-19(20)21)28(26(31)25(22)30)15-18-6-5-13-32-18/h3-14,23,27,29H,2,15H2,1H3/b24-22+. The largest absolute Gasteiger partial charge is 0.507 e. The van der Waals surface area contributed by atoms with Crippen LogP contribution >= 0.6 is 0 Å². The second kappa shape index (κ2) is 7.89. The van der Waals surface area contributed by atoms with Crippen molar-refractivity contribution in [2.24, 2.45) is 0 Å². The predicted molar refractivity (Wildman–Crippen MR) is 121 cm³/mol. The average molecular weight is 426 g/mol. The van der Waals surface area contributed by atoms with E-state index in [1.165, 1.54) is 11.2 Å². The van der Waals surface area contributed by atoms with Gasteiger partial charge in [0.05, 0.1) is 24.4 Å². The number of benzene rings is 2. The number of likely N-dealkylation sites (tertiary alicyclic amines) is 1. The number of Topliss-reactive ketones (excluding diaryl/α,β-unsaturated/α-hetero) is 1. The zero-order valence-corrected chi connectivity index (χ0v) is 17.5. The Morgan fingerprint density at radius 1 is 1.06 bits per heavy atom. The summed E-state index contributed by atoms with van der Waals surface area (Å²) in [7, 11) is 0. The molecule has 6 nitrogen and oxygen atoms in total. The summed E-state index contributed by atoms with van der Waals surface area (Å²) < 4.78 is 5.45. The highest BCUT2D eigenvalue weighted by atomic mass is 16.3. The van der Waals surface area contributed by atoms with Crippen LogP contribution < -0.4 is 0 Å². The monoisotopic (exact) mass is 426 g/mol. The molecule has 160 valence electrons. The van der Waals surface area contributed by atoms with Gasteiger partial charge in [-0.3, -0.25) is 9.59 Å². The van der Waals surface area contributed by atoms with Gasteiger partial charge in [0.1, 0.15) is 11.5 Å². The molecule has 3 heterocycles. The lowest BCUT2D eigenvalue weighted by atomic mass is 9.94. The number of nitrogens with one attached hydrogen (secondary N) is 1. The van der Waals surface area contributed by atoms with E-state index in [-0.39, 0.29) is 17.9 Å². The van der Waals surface area contributed by atoms with Crippen LogP contribution in [0.2, 0.25) is 0 Å². The number of ketones is 1. The van der Waals surface area contributed by atoms with E-state index in [1.807, 2.05) is 43.3 Å². The minimum Gasteiger partial charge on any atom is -0.507 e. The van der Waals surface area contributed by atoms with E-state index in [9.17, 15) is 14.7 Å². The Balaban J connectivity index is 1.69. The molecular formula is C26H22N2O4. The topological polar surface area (TPSA) is 86.5 Å². The molecule has 2 aromatic carbocycles. The SMILES string of the molecule is CCc1ccc(/C(O)=C2\C(=O)C(=O)N(Cc3ccco3)C2c2c[nH]c3ccccc23)cc1. The third-order valence-corrected chi connectivity index (χ3v) is 6.00. The number of aliphatic hydroxyl groups is 1. The molecule has 1 aliphatic rings. The van der Waals surface area contributed by atoms with Gasteiger partial charge < -0.3 is 19.4 Å². The number of H-pyrrole nitrogens is 1. The second-order valence-corrected chi connectivity index (χ2v) is 7.85. The molecule has 1 amide bonds. The lowest BCUT2D eigenvalue weighted by Crippen LogP contribution is -2.29. The molecule has 0 saturated carbocycles. The molecule has 1 atom stereocenters. The van der Waals surface area contributed by atoms with E-state index in [0.717, 1.165) is 28.5 Å². The Morgan fingerprint density at radius 2 is 1.84 bits per heavy atom. The number of carbonyl (C=O) groups excluding carboxylic acids is 2. The number of hydrogen-bond acceptors (Lipinski definition) is 4. The number of rotatable bonds is 5. The van der Waals surface area contributed by atoms with E-state index in [2.05, 4.69) is 4.98 Å². The molecule has 0 bridgehead atoms. The molecule has 1 aliphatic heterocycles. The Labute approximate surface area is 184 Å². The molecule has 0 aliphatic carbocycles. The summed E-state index contributed by atoms with van der Waals surface area (Å²) in [6.07, 6.45) is 4.19. The minimum absolute atomic E-state index is 0.0792. The van der Waals surface area contributed by atoms with Crippen LogP contribution in [-0.4, -0.2) is 26.7 Å². The first kappa shape index (κ1) is 19.9. The normalized spacial score (nSPS) is 18.0. The molecule has 5 rings (SSSR count). The van der Waals surface area contributed by atoms with Crippen LogP contribution in [-0.2, 0) is 22.6 Å². The average Bonchev–Trinajstić information content (AvgIpc) is 3.54. The maximum absolute atomic E-state index is 13.2. The van der Waals surface area contributed by atoms with Crippen molar-refractivity contribution >= 4 is 28.4 Å². The number of aromatic amines is 1. The Morgan fingerprint density at radius 3 is 2.56 bits per heavy atom. The van der Waals surface area contributed by atoms with Crippen molar-refractivity contribution in [1.82, 2.24) is 9.88 Å². The van der Waals surface area contributed by atoms with Crippen LogP contribution in [0.3, 0.4) is 0 Å². The van der Waals surface area contributed by atoms with E-state index in [0.29, 0.717) is 11.3 Å². The lowest BCUT2D eigenvalue weighted by molar-refractivity contribution is -0.140. The first-order valence-corrected chi connectivity index (χ1v) is 10.5. The van der Waals surface area contributed by atoms with Gasteiger partial charge in [0, 0.05) is 28.2 Å². The maximum atomic E-state index is 13.2. The van der Waals surface area contributed by atoms with Crippen molar-refractivity contribution in [1.29, 1.82) is 0 Å². The number of aliphatic hydroxyl groups excluding tert-OH is 1. The molecule has 1 saturated heterocycles. The zero-order chi connectivity index (χ0) is 22.2. The van der Waals surface area contributed by atoms with Gasteiger partial charge >= 0.3 is 0 Å². The van der Waals surface area contributed by atoms with Crippen molar-refractivity contribution in [3.63, 3.8) is 0 Å². The van der Waals surface area contributed by atoms with Crippen LogP contribution in [0.25, 0.3) is 16.7 Å². The number of nitrogens with zero attached hydrogens (tertiary/aromatic N) is 1. The summed E-state index contributed by atoms with van der Waals surface area (Å²) in [5.74, 6) is -0.987. The Hall–Kier alpha value is -4.06. The first-order valence-electron chi connectivity index (χ1n) is 10.5. The smallest absolute Gasteiger partial charge is 0.296 e. The molecule has 1 unspecified atom stereocenters. The predicted octanol–water partition coefficient (Wildman–Crippen LogP) is 4.95. The molecule has 0 radical (unpaired) electrons. The maximum Gasteiger partial charge on any atom is 0.296 e. The summed E-state index contributed by atoms with van der Waals surface area (Å²) in [6, 6.07) is 17.8. The van der Waals surface area contributed by atoms with Gasteiger partial charge in [0.25, 0.3) is 11.7 Å². The second-order valence-electron chi connectivity index (χ2n) is 7.85. The van der Waals surface area contributed by atoms with Crippen molar-refractivity contribution in [2.75, 3.05) is 0 Å². The summed E-state index contributed by atoms with van der Waals surface area (Å²) in [5.41, 5.74) is 3.34. The summed E-state index contributed by atoms with van der Waals surface area (Å²) in [5, 5.41) is 12.1. The fourth-order valence-electron chi connectivity index (χ4n) is 4.31. The van der Waals surface area contributed by atoms with Crippen LogP contribution in [0.15, 0.2) is 83.1 Å². The van der Waals surface area contributed by atoms with Crippen LogP contribution in [0.5, 0.6) is 0 Å². The number of para-hydroxylation sites is 1. The number of amides is 1. The summed E-state index contributed by atoms with van der Waals surface area (Å²) >= 11 is 0. The third kappa shape index (κ3) is 3.21. The molecule has 2 N–H and O–H groups in total. The number of aromatic nitrogens is 1. The quantitative estimate of drug-likeness (QED) is 0.269. The molecule has 2 aromatic heterocycles. The lowest BCUT2D eigenvalue weighted by Gasteiger charge is -2.24.